The van der Waals surface area contributed by atoms with Gasteiger partial charge in [-0.15, -0.1) is 0 Å². The number of aromatic nitrogens is 1. The van der Waals surface area contributed by atoms with E-state index >= 15 is 0 Å². The molecule has 21 heavy (non-hydrogen) atoms. The molecule has 0 spiro atoms. The normalized spacial score (nSPS) is 10.2. The number of carbonyl (C=O) groups excluding carboxylic acids is 1. The van der Waals surface area contributed by atoms with Crippen molar-refractivity contribution in [2.45, 2.75) is 6.42 Å². The summed E-state index contributed by atoms with van der Waals surface area (Å²) >= 11 is 0. The fourth-order valence-corrected chi connectivity index (χ4v) is 2.15. The average Bonchev–Trinajstić information content (AvgIpc) is 2.52. The first-order valence-corrected chi connectivity index (χ1v) is 6.83. The van der Waals surface area contributed by atoms with Crippen molar-refractivity contribution in [2.75, 3.05) is 31.3 Å². The van der Waals surface area contributed by atoms with Crippen LogP contribution in [0.4, 0.5) is 11.4 Å². The molecule has 0 saturated carbocycles. The summed E-state index contributed by atoms with van der Waals surface area (Å²) in [6.45, 7) is 0.841. The number of rotatable bonds is 5. The van der Waals surface area contributed by atoms with Crippen molar-refractivity contribution in [3.63, 3.8) is 0 Å². The van der Waals surface area contributed by atoms with Gasteiger partial charge in [-0.3, -0.25) is 9.78 Å². The molecule has 0 radical (unpaired) electrons. The van der Waals surface area contributed by atoms with Gasteiger partial charge in [-0.2, -0.15) is 0 Å². The molecular formula is C16H20N4O. The van der Waals surface area contributed by atoms with E-state index in [0.29, 0.717) is 11.3 Å². The number of carbonyl (C=O) groups is 1. The summed E-state index contributed by atoms with van der Waals surface area (Å²) in [6, 6.07) is 9.38. The summed E-state index contributed by atoms with van der Waals surface area (Å²) in [4.78, 5) is 17.7. The van der Waals surface area contributed by atoms with E-state index in [2.05, 4.69) is 15.2 Å². The number of anilines is 2. The van der Waals surface area contributed by atoms with Crippen LogP contribution in [0.15, 0.2) is 42.7 Å². The van der Waals surface area contributed by atoms with Gasteiger partial charge in [0, 0.05) is 38.6 Å². The molecule has 5 heteroatoms. The maximum absolute atomic E-state index is 11.6. The van der Waals surface area contributed by atoms with Crippen molar-refractivity contribution >= 4 is 17.3 Å². The van der Waals surface area contributed by atoms with Crippen molar-refractivity contribution in [3.05, 3.63) is 53.9 Å². The minimum atomic E-state index is -0.132. The van der Waals surface area contributed by atoms with Crippen LogP contribution in [0.25, 0.3) is 0 Å². The first-order chi connectivity index (χ1) is 10.1. The van der Waals surface area contributed by atoms with E-state index in [1.54, 1.807) is 31.6 Å². The summed E-state index contributed by atoms with van der Waals surface area (Å²) in [5.41, 5.74) is 9.39. The van der Waals surface area contributed by atoms with Gasteiger partial charge in [0.05, 0.1) is 11.4 Å². The van der Waals surface area contributed by atoms with Crippen molar-refractivity contribution in [3.8, 4) is 0 Å². The molecule has 1 aromatic heterocycles. The molecule has 1 heterocycles. The molecule has 2 rings (SSSR count). The summed E-state index contributed by atoms with van der Waals surface area (Å²) in [5, 5.41) is 2.59. The Balaban J connectivity index is 2.05. The highest BCUT2D eigenvalue weighted by molar-refractivity contribution is 5.96. The van der Waals surface area contributed by atoms with Gasteiger partial charge in [0.15, 0.2) is 0 Å². The van der Waals surface area contributed by atoms with Crippen LogP contribution in [0.5, 0.6) is 0 Å². The van der Waals surface area contributed by atoms with E-state index < -0.39 is 0 Å². The Morgan fingerprint density at radius 2 is 2.00 bits per heavy atom. The van der Waals surface area contributed by atoms with Crippen LogP contribution in [0.2, 0.25) is 0 Å². The van der Waals surface area contributed by atoms with Crippen molar-refractivity contribution in [1.29, 1.82) is 0 Å². The smallest absolute Gasteiger partial charge is 0.251 e. The van der Waals surface area contributed by atoms with E-state index in [1.165, 1.54) is 5.56 Å². The molecule has 1 aromatic carbocycles. The van der Waals surface area contributed by atoms with Gasteiger partial charge in [0.1, 0.15) is 0 Å². The topological polar surface area (TPSA) is 71.2 Å². The maximum atomic E-state index is 11.6. The minimum absolute atomic E-state index is 0.132. The third kappa shape index (κ3) is 3.72. The number of amides is 1. The van der Waals surface area contributed by atoms with Crippen LogP contribution in [0.3, 0.4) is 0 Å². The van der Waals surface area contributed by atoms with Crippen LogP contribution in [-0.4, -0.2) is 31.5 Å². The Hall–Kier alpha value is -2.56. The minimum Gasteiger partial charge on any atom is -0.397 e. The average molecular weight is 284 g/mol. The summed E-state index contributed by atoms with van der Waals surface area (Å²) in [5.74, 6) is -0.132. The van der Waals surface area contributed by atoms with Gasteiger partial charge in [0.2, 0.25) is 0 Å². The number of hydrogen-bond acceptors (Lipinski definition) is 4. The number of benzene rings is 1. The SMILES string of the molecule is CNC(=O)c1ccc(N(C)CCc2ccncc2)c(N)c1. The van der Waals surface area contributed by atoms with E-state index in [0.717, 1.165) is 18.7 Å². The van der Waals surface area contributed by atoms with E-state index in [1.807, 2.05) is 25.2 Å². The van der Waals surface area contributed by atoms with Gasteiger partial charge in [-0.1, -0.05) is 0 Å². The predicted octanol–water partition coefficient (Wildman–Crippen LogP) is 1.70. The first kappa shape index (κ1) is 14.8. The standard InChI is InChI=1S/C16H20N4O/c1-18-16(21)13-3-4-15(14(17)11-13)20(2)10-7-12-5-8-19-9-6-12/h3-6,8-9,11H,7,10,17H2,1-2H3,(H,18,21). The molecule has 0 unspecified atom stereocenters. The lowest BCUT2D eigenvalue weighted by Gasteiger charge is -2.21. The fraction of sp³-hybridized carbons (Fsp3) is 0.250. The summed E-state index contributed by atoms with van der Waals surface area (Å²) < 4.78 is 0. The first-order valence-electron chi connectivity index (χ1n) is 6.83. The Labute approximate surface area is 124 Å². The fourth-order valence-electron chi connectivity index (χ4n) is 2.15. The molecule has 110 valence electrons. The highest BCUT2D eigenvalue weighted by Gasteiger charge is 2.09. The molecule has 0 bridgehead atoms. The quantitative estimate of drug-likeness (QED) is 0.820. The Morgan fingerprint density at radius 1 is 1.29 bits per heavy atom. The molecule has 3 N–H and O–H groups in total. The summed E-state index contributed by atoms with van der Waals surface area (Å²) in [6.07, 6.45) is 4.50. The lowest BCUT2D eigenvalue weighted by Crippen LogP contribution is -2.22. The highest BCUT2D eigenvalue weighted by Crippen LogP contribution is 2.23. The monoisotopic (exact) mass is 284 g/mol. The van der Waals surface area contributed by atoms with Crippen LogP contribution >= 0.6 is 0 Å². The number of nitrogens with two attached hydrogens (primary N) is 1. The molecule has 0 atom stereocenters. The molecule has 0 fully saturated rings. The number of hydrogen-bond donors (Lipinski definition) is 2. The van der Waals surface area contributed by atoms with E-state index in [4.69, 9.17) is 5.73 Å². The largest absolute Gasteiger partial charge is 0.397 e. The van der Waals surface area contributed by atoms with Gasteiger partial charge >= 0.3 is 0 Å². The third-order valence-electron chi connectivity index (χ3n) is 3.41. The number of pyridine rings is 1. The summed E-state index contributed by atoms with van der Waals surface area (Å²) in [7, 11) is 3.60. The number of nitrogens with zero attached hydrogens (tertiary/aromatic N) is 2. The number of nitrogen functional groups attached to an aromatic ring is 1. The van der Waals surface area contributed by atoms with Crippen LogP contribution in [0, 0.1) is 0 Å². The Bertz CT molecular complexity index is 613. The van der Waals surface area contributed by atoms with E-state index in [9.17, 15) is 4.79 Å². The second-order valence-electron chi connectivity index (χ2n) is 4.88. The highest BCUT2D eigenvalue weighted by atomic mass is 16.1. The molecule has 0 aliphatic carbocycles. The second kappa shape index (κ2) is 6.74. The van der Waals surface area contributed by atoms with Crippen molar-refractivity contribution in [2.24, 2.45) is 0 Å². The number of likely N-dealkylation sites (N-methyl/N-ethyl adjacent to an activating group) is 1. The molecule has 1 amide bonds. The third-order valence-corrected chi connectivity index (χ3v) is 3.41. The van der Waals surface area contributed by atoms with Crippen molar-refractivity contribution < 1.29 is 4.79 Å². The number of nitrogens with one attached hydrogen (secondary N) is 1. The lowest BCUT2D eigenvalue weighted by molar-refractivity contribution is 0.0963. The van der Waals surface area contributed by atoms with Gasteiger partial charge in [0.25, 0.3) is 5.91 Å². The molecular weight excluding hydrogens is 264 g/mol. The Kier molecular flexibility index (Phi) is 4.77. The Morgan fingerprint density at radius 3 is 2.62 bits per heavy atom. The van der Waals surface area contributed by atoms with Gasteiger partial charge < -0.3 is 16.0 Å². The van der Waals surface area contributed by atoms with Gasteiger partial charge in [-0.05, 0) is 42.3 Å². The zero-order valence-corrected chi connectivity index (χ0v) is 12.3. The molecule has 2 aromatic rings. The molecule has 0 saturated heterocycles. The second-order valence-corrected chi connectivity index (χ2v) is 4.88. The molecule has 5 nitrogen and oxygen atoms in total. The zero-order valence-electron chi connectivity index (χ0n) is 12.3. The maximum Gasteiger partial charge on any atom is 0.251 e. The van der Waals surface area contributed by atoms with Crippen LogP contribution in [-0.2, 0) is 6.42 Å². The zero-order chi connectivity index (χ0) is 15.2. The van der Waals surface area contributed by atoms with Crippen LogP contribution in [0.1, 0.15) is 15.9 Å². The molecule has 0 aliphatic rings. The van der Waals surface area contributed by atoms with Crippen molar-refractivity contribution in [1.82, 2.24) is 10.3 Å². The van der Waals surface area contributed by atoms with E-state index in [-0.39, 0.29) is 5.91 Å². The molecule has 0 aliphatic heterocycles. The van der Waals surface area contributed by atoms with Gasteiger partial charge in [-0.25, -0.2) is 0 Å². The lowest BCUT2D eigenvalue weighted by atomic mass is 10.1. The van der Waals surface area contributed by atoms with Crippen LogP contribution < -0.4 is 16.0 Å². The predicted molar refractivity (Wildman–Crippen MR) is 85.5 cm³/mol.